The maximum Gasteiger partial charge on any atom is 0.255 e. The van der Waals surface area contributed by atoms with Crippen molar-refractivity contribution in [2.75, 3.05) is 5.32 Å². The van der Waals surface area contributed by atoms with Crippen LogP contribution in [0.5, 0.6) is 11.5 Å². The van der Waals surface area contributed by atoms with E-state index >= 15 is 0 Å². The Labute approximate surface area is 154 Å². The molecule has 0 aliphatic heterocycles. The summed E-state index contributed by atoms with van der Waals surface area (Å²) in [5.74, 6) is 1.82. The minimum Gasteiger partial charge on any atom is -0.457 e. The lowest BCUT2D eigenvalue weighted by Crippen LogP contribution is -2.11. The molecule has 0 aliphatic rings. The zero-order valence-corrected chi connectivity index (χ0v) is 15.3. The van der Waals surface area contributed by atoms with E-state index in [1.807, 2.05) is 55.5 Å². The molecule has 3 rings (SSSR count). The van der Waals surface area contributed by atoms with Crippen molar-refractivity contribution in [1.82, 2.24) is 0 Å². The fraction of sp³-hybridized carbons (Fsp3) is 0.174. The van der Waals surface area contributed by atoms with Gasteiger partial charge in [-0.05, 0) is 72.5 Å². The van der Waals surface area contributed by atoms with Crippen LogP contribution in [0.3, 0.4) is 0 Å². The van der Waals surface area contributed by atoms with E-state index in [1.54, 1.807) is 24.3 Å². The number of carbonyl (C=O) groups excluding carboxylic acids is 1. The van der Waals surface area contributed by atoms with E-state index in [4.69, 9.17) is 4.74 Å². The third kappa shape index (κ3) is 4.51. The van der Waals surface area contributed by atoms with Crippen LogP contribution in [0.25, 0.3) is 0 Å². The number of nitrogens with one attached hydrogen (secondary N) is 1. The number of hydrogen-bond donors (Lipinski definition) is 1. The monoisotopic (exact) mass is 345 g/mol. The van der Waals surface area contributed by atoms with E-state index in [0.29, 0.717) is 17.2 Å². The molecule has 0 saturated heterocycles. The molecule has 0 aliphatic carbocycles. The molecular formula is C23H23NO2. The molecule has 0 bridgehead atoms. The Morgan fingerprint density at radius 1 is 0.885 bits per heavy atom. The van der Waals surface area contributed by atoms with Gasteiger partial charge < -0.3 is 10.1 Å². The van der Waals surface area contributed by atoms with E-state index in [1.165, 1.54) is 5.56 Å². The molecule has 3 heteroatoms. The first kappa shape index (κ1) is 17.7. The summed E-state index contributed by atoms with van der Waals surface area (Å²) in [5, 5.41) is 2.92. The van der Waals surface area contributed by atoms with Gasteiger partial charge in [-0.3, -0.25) is 4.79 Å². The quantitative estimate of drug-likeness (QED) is 0.601. The number of amides is 1. The van der Waals surface area contributed by atoms with Crippen LogP contribution in [-0.2, 0) is 0 Å². The first-order valence-corrected chi connectivity index (χ1v) is 8.77. The molecule has 0 unspecified atom stereocenters. The molecule has 3 aromatic rings. The zero-order chi connectivity index (χ0) is 18.5. The van der Waals surface area contributed by atoms with E-state index in [0.717, 1.165) is 17.0 Å². The second kappa shape index (κ2) is 7.87. The van der Waals surface area contributed by atoms with Crippen molar-refractivity contribution in [2.24, 2.45) is 0 Å². The largest absolute Gasteiger partial charge is 0.457 e. The zero-order valence-electron chi connectivity index (χ0n) is 15.3. The second-order valence-electron chi connectivity index (χ2n) is 6.67. The van der Waals surface area contributed by atoms with Crippen molar-refractivity contribution in [3.63, 3.8) is 0 Å². The smallest absolute Gasteiger partial charge is 0.255 e. The van der Waals surface area contributed by atoms with Gasteiger partial charge in [-0.1, -0.05) is 38.1 Å². The van der Waals surface area contributed by atoms with Crippen LogP contribution in [0.4, 0.5) is 5.69 Å². The van der Waals surface area contributed by atoms with Crippen LogP contribution in [0, 0.1) is 6.92 Å². The third-order valence-electron chi connectivity index (χ3n) is 4.18. The molecule has 0 fully saturated rings. The number of hydrogen-bond acceptors (Lipinski definition) is 2. The Morgan fingerprint density at radius 3 is 2.19 bits per heavy atom. The molecule has 1 N–H and O–H groups in total. The maximum atomic E-state index is 12.4. The van der Waals surface area contributed by atoms with Crippen molar-refractivity contribution >= 4 is 11.6 Å². The van der Waals surface area contributed by atoms with Gasteiger partial charge in [0.2, 0.25) is 0 Å². The van der Waals surface area contributed by atoms with Gasteiger partial charge in [-0.25, -0.2) is 0 Å². The molecule has 3 aromatic carbocycles. The Hall–Kier alpha value is -3.07. The Morgan fingerprint density at radius 2 is 1.58 bits per heavy atom. The highest BCUT2D eigenvalue weighted by Gasteiger charge is 2.07. The van der Waals surface area contributed by atoms with E-state index in [9.17, 15) is 4.79 Å². The van der Waals surface area contributed by atoms with Gasteiger partial charge in [-0.2, -0.15) is 0 Å². The van der Waals surface area contributed by atoms with Crippen molar-refractivity contribution in [1.29, 1.82) is 0 Å². The average molecular weight is 345 g/mol. The average Bonchev–Trinajstić information content (AvgIpc) is 2.63. The first-order valence-electron chi connectivity index (χ1n) is 8.77. The third-order valence-corrected chi connectivity index (χ3v) is 4.18. The number of benzene rings is 3. The van der Waals surface area contributed by atoms with Gasteiger partial charge in [0.1, 0.15) is 11.5 Å². The summed E-state index contributed by atoms with van der Waals surface area (Å²) in [6.45, 7) is 6.32. The molecule has 26 heavy (non-hydrogen) atoms. The summed E-state index contributed by atoms with van der Waals surface area (Å²) in [7, 11) is 0. The predicted octanol–water partition coefficient (Wildman–Crippen LogP) is 6.16. The molecule has 0 aromatic heterocycles. The molecule has 0 saturated carbocycles. The summed E-state index contributed by atoms with van der Waals surface area (Å²) in [6, 6.07) is 23.0. The van der Waals surface area contributed by atoms with E-state index < -0.39 is 0 Å². The summed E-state index contributed by atoms with van der Waals surface area (Å²) < 4.78 is 5.82. The van der Waals surface area contributed by atoms with Gasteiger partial charge in [0.15, 0.2) is 0 Å². The summed E-state index contributed by atoms with van der Waals surface area (Å²) in [4.78, 5) is 12.4. The van der Waals surface area contributed by atoms with Crippen LogP contribution in [0.2, 0.25) is 0 Å². The highest BCUT2D eigenvalue weighted by Crippen LogP contribution is 2.23. The van der Waals surface area contributed by atoms with Crippen LogP contribution in [0.15, 0.2) is 72.8 Å². The van der Waals surface area contributed by atoms with Crippen molar-refractivity contribution < 1.29 is 9.53 Å². The molecule has 132 valence electrons. The topological polar surface area (TPSA) is 38.3 Å². The van der Waals surface area contributed by atoms with Gasteiger partial charge in [0.25, 0.3) is 5.91 Å². The number of rotatable bonds is 5. The Balaban J connectivity index is 1.65. The Bertz CT molecular complexity index is 881. The minimum absolute atomic E-state index is 0.135. The first-order chi connectivity index (χ1) is 12.5. The van der Waals surface area contributed by atoms with Gasteiger partial charge in [-0.15, -0.1) is 0 Å². The van der Waals surface area contributed by atoms with Crippen LogP contribution < -0.4 is 10.1 Å². The van der Waals surface area contributed by atoms with Crippen molar-refractivity contribution in [3.05, 3.63) is 89.5 Å². The molecule has 1 amide bonds. The lowest BCUT2D eigenvalue weighted by Gasteiger charge is -2.09. The van der Waals surface area contributed by atoms with Crippen LogP contribution in [0.1, 0.15) is 41.3 Å². The van der Waals surface area contributed by atoms with E-state index in [-0.39, 0.29) is 5.91 Å². The predicted molar refractivity (Wildman–Crippen MR) is 106 cm³/mol. The van der Waals surface area contributed by atoms with E-state index in [2.05, 4.69) is 19.2 Å². The van der Waals surface area contributed by atoms with Gasteiger partial charge in [0, 0.05) is 11.3 Å². The summed E-state index contributed by atoms with van der Waals surface area (Å²) in [5.41, 5.74) is 3.77. The van der Waals surface area contributed by atoms with Gasteiger partial charge in [0.05, 0.1) is 0 Å². The fourth-order valence-corrected chi connectivity index (χ4v) is 2.64. The summed E-state index contributed by atoms with van der Waals surface area (Å²) >= 11 is 0. The normalized spacial score (nSPS) is 10.6. The lowest BCUT2D eigenvalue weighted by molar-refractivity contribution is 0.102. The highest BCUT2D eigenvalue weighted by atomic mass is 16.5. The molecule has 0 atom stereocenters. The standard InChI is InChI=1S/C23H23NO2/c1-16(2)18-7-11-20(12-8-18)24-23(25)19-9-13-21(14-10-19)26-22-6-4-5-17(3)15-22/h4-16H,1-3H3,(H,24,25). The SMILES string of the molecule is Cc1cccc(Oc2ccc(C(=O)Nc3ccc(C(C)C)cc3)cc2)c1. The summed E-state index contributed by atoms with van der Waals surface area (Å²) in [6.07, 6.45) is 0. The fourth-order valence-electron chi connectivity index (χ4n) is 2.64. The Kier molecular flexibility index (Phi) is 5.37. The van der Waals surface area contributed by atoms with Crippen LogP contribution in [-0.4, -0.2) is 5.91 Å². The molecule has 3 nitrogen and oxygen atoms in total. The number of aryl methyl sites for hydroxylation is 1. The van der Waals surface area contributed by atoms with Crippen molar-refractivity contribution in [3.8, 4) is 11.5 Å². The minimum atomic E-state index is -0.135. The molecular weight excluding hydrogens is 322 g/mol. The number of carbonyl (C=O) groups is 1. The molecule has 0 radical (unpaired) electrons. The van der Waals surface area contributed by atoms with Gasteiger partial charge >= 0.3 is 0 Å². The number of ether oxygens (including phenoxy) is 1. The molecule has 0 spiro atoms. The number of anilines is 1. The molecule has 0 heterocycles. The lowest BCUT2D eigenvalue weighted by atomic mass is 10.0. The second-order valence-corrected chi connectivity index (χ2v) is 6.67. The highest BCUT2D eigenvalue weighted by molar-refractivity contribution is 6.04. The van der Waals surface area contributed by atoms with Crippen LogP contribution >= 0.6 is 0 Å². The van der Waals surface area contributed by atoms with Crippen molar-refractivity contribution in [2.45, 2.75) is 26.7 Å². The maximum absolute atomic E-state index is 12.4.